The first kappa shape index (κ1) is 12.3. The van der Waals surface area contributed by atoms with E-state index in [9.17, 15) is 14.0 Å². The second kappa shape index (κ2) is 4.74. The van der Waals surface area contributed by atoms with Gasteiger partial charge >= 0.3 is 0 Å². The Morgan fingerprint density at radius 1 is 1.32 bits per heavy atom. The number of amides is 1. The van der Waals surface area contributed by atoms with E-state index in [1.165, 1.54) is 12.1 Å². The Morgan fingerprint density at radius 2 is 2.05 bits per heavy atom. The lowest BCUT2D eigenvalue weighted by Crippen LogP contribution is -2.47. The molecule has 2 aliphatic rings. The number of nitrogens with zero attached hydrogens (tertiary/aromatic N) is 1. The molecule has 19 heavy (non-hydrogen) atoms. The van der Waals surface area contributed by atoms with Gasteiger partial charge in [0.2, 0.25) is 5.91 Å². The van der Waals surface area contributed by atoms with E-state index in [1.807, 2.05) is 0 Å². The lowest BCUT2D eigenvalue weighted by atomic mass is 9.99. The van der Waals surface area contributed by atoms with E-state index >= 15 is 0 Å². The van der Waals surface area contributed by atoms with Gasteiger partial charge in [0.1, 0.15) is 5.82 Å². The first-order valence-corrected chi connectivity index (χ1v) is 6.49. The van der Waals surface area contributed by atoms with Crippen molar-refractivity contribution in [2.45, 2.75) is 12.3 Å². The molecule has 100 valence electrons. The van der Waals surface area contributed by atoms with Crippen LogP contribution in [0.3, 0.4) is 0 Å². The van der Waals surface area contributed by atoms with Gasteiger partial charge in [0.05, 0.1) is 5.92 Å². The summed E-state index contributed by atoms with van der Waals surface area (Å²) in [6.07, 6.45) is 0.168. The molecule has 1 heterocycles. The molecular formula is C14H15FN2O2. The Bertz CT molecular complexity index is 538. The highest BCUT2D eigenvalue weighted by Crippen LogP contribution is 2.34. The minimum atomic E-state index is -0.429. The highest BCUT2D eigenvalue weighted by molar-refractivity contribution is 6.06. The summed E-state index contributed by atoms with van der Waals surface area (Å²) in [5.41, 5.74) is 1.04. The van der Waals surface area contributed by atoms with E-state index in [0.717, 1.165) is 13.1 Å². The smallest absolute Gasteiger partial charge is 0.230 e. The number of fused-ring (bicyclic) bond motifs is 1. The van der Waals surface area contributed by atoms with Crippen LogP contribution in [0.25, 0.3) is 0 Å². The fourth-order valence-corrected chi connectivity index (χ4v) is 2.81. The van der Waals surface area contributed by atoms with Crippen molar-refractivity contribution in [2.24, 2.45) is 0 Å². The van der Waals surface area contributed by atoms with Crippen molar-refractivity contribution >= 4 is 11.7 Å². The van der Waals surface area contributed by atoms with Crippen LogP contribution in [0.1, 0.15) is 28.3 Å². The molecule has 5 heteroatoms. The lowest BCUT2D eigenvalue weighted by molar-refractivity contribution is -0.133. The third-order valence-electron chi connectivity index (χ3n) is 3.81. The van der Waals surface area contributed by atoms with Crippen LogP contribution in [0.4, 0.5) is 4.39 Å². The Kier molecular flexibility index (Phi) is 3.06. The largest absolute Gasteiger partial charge is 0.340 e. The first-order chi connectivity index (χ1) is 9.16. The summed E-state index contributed by atoms with van der Waals surface area (Å²) in [7, 11) is 0. The van der Waals surface area contributed by atoms with Crippen LogP contribution in [0.2, 0.25) is 0 Å². The van der Waals surface area contributed by atoms with Gasteiger partial charge in [-0.1, -0.05) is 6.07 Å². The number of piperazine rings is 1. The number of carbonyl (C=O) groups is 2. The molecule has 1 atom stereocenters. The van der Waals surface area contributed by atoms with Gasteiger partial charge in [-0.3, -0.25) is 9.59 Å². The van der Waals surface area contributed by atoms with Crippen molar-refractivity contribution in [3.05, 3.63) is 35.1 Å². The highest BCUT2D eigenvalue weighted by Gasteiger charge is 2.36. The molecular weight excluding hydrogens is 247 g/mol. The normalized spacial score (nSPS) is 22.5. The van der Waals surface area contributed by atoms with Crippen molar-refractivity contribution in [3.63, 3.8) is 0 Å². The number of rotatable bonds is 1. The fourth-order valence-electron chi connectivity index (χ4n) is 2.81. The van der Waals surface area contributed by atoms with Crippen LogP contribution in [-0.2, 0) is 4.79 Å². The summed E-state index contributed by atoms with van der Waals surface area (Å²) in [4.78, 5) is 26.1. The molecule has 0 bridgehead atoms. The van der Waals surface area contributed by atoms with Gasteiger partial charge in [0, 0.05) is 38.2 Å². The molecule has 1 aliphatic carbocycles. The van der Waals surface area contributed by atoms with Gasteiger partial charge in [-0.25, -0.2) is 4.39 Å². The minimum absolute atomic E-state index is 0.0137. The highest BCUT2D eigenvalue weighted by atomic mass is 19.1. The average Bonchev–Trinajstić information content (AvgIpc) is 2.76. The summed E-state index contributed by atoms with van der Waals surface area (Å²) in [5, 5.41) is 3.19. The topological polar surface area (TPSA) is 49.4 Å². The molecule has 0 spiro atoms. The van der Waals surface area contributed by atoms with Gasteiger partial charge in [-0.15, -0.1) is 0 Å². The summed E-state index contributed by atoms with van der Waals surface area (Å²) >= 11 is 0. The SMILES string of the molecule is O=C1CC(C(=O)N2CCNCC2)c2ccc(F)cc21. The molecule has 0 aromatic heterocycles. The van der Waals surface area contributed by atoms with Crippen molar-refractivity contribution < 1.29 is 14.0 Å². The molecule has 1 saturated heterocycles. The van der Waals surface area contributed by atoms with Crippen molar-refractivity contribution in [1.29, 1.82) is 0 Å². The number of hydrogen-bond donors (Lipinski definition) is 1. The van der Waals surface area contributed by atoms with Crippen LogP contribution in [-0.4, -0.2) is 42.8 Å². The number of halogens is 1. The van der Waals surface area contributed by atoms with Gasteiger partial charge in [-0.2, -0.15) is 0 Å². The van der Waals surface area contributed by atoms with Crippen molar-refractivity contribution in [3.8, 4) is 0 Å². The second-order valence-corrected chi connectivity index (χ2v) is 4.99. The van der Waals surface area contributed by atoms with Crippen LogP contribution in [0, 0.1) is 5.82 Å². The third-order valence-corrected chi connectivity index (χ3v) is 3.81. The molecule has 3 rings (SSSR count). The van der Waals surface area contributed by atoms with Crippen LogP contribution < -0.4 is 5.32 Å². The second-order valence-electron chi connectivity index (χ2n) is 4.99. The zero-order chi connectivity index (χ0) is 13.4. The lowest BCUT2D eigenvalue weighted by Gasteiger charge is -2.29. The summed E-state index contributed by atoms with van der Waals surface area (Å²) < 4.78 is 13.2. The Morgan fingerprint density at radius 3 is 2.79 bits per heavy atom. The number of benzene rings is 1. The van der Waals surface area contributed by atoms with Crippen LogP contribution >= 0.6 is 0 Å². The van der Waals surface area contributed by atoms with Crippen molar-refractivity contribution in [2.75, 3.05) is 26.2 Å². The fraction of sp³-hybridized carbons (Fsp3) is 0.429. The first-order valence-electron chi connectivity index (χ1n) is 6.49. The predicted octanol–water partition coefficient (Wildman–Crippen LogP) is 0.927. The van der Waals surface area contributed by atoms with Gasteiger partial charge in [0.25, 0.3) is 0 Å². The van der Waals surface area contributed by atoms with E-state index in [2.05, 4.69) is 5.32 Å². The molecule has 1 fully saturated rings. The number of ketones is 1. The molecule has 1 aliphatic heterocycles. The summed E-state index contributed by atoms with van der Waals surface area (Å²) in [6, 6.07) is 4.12. The number of carbonyl (C=O) groups excluding carboxylic acids is 2. The molecule has 1 N–H and O–H groups in total. The van der Waals surface area contributed by atoms with Gasteiger partial charge < -0.3 is 10.2 Å². The van der Waals surface area contributed by atoms with E-state index in [0.29, 0.717) is 24.2 Å². The van der Waals surface area contributed by atoms with E-state index in [4.69, 9.17) is 0 Å². The molecule has 0 radical (unpaired) electrons. The van der Waals surface area contributed by atoms with E-state index in [-0.39, 0.29) is 18.1 Å². The van der Waals surface area contributed by atoms with Gasteiger partial charge in [-0.05, 0) is 17.7 Å². The Balaban J connectivity index is 1.87. The predicted molar refractivity (Wildman–Crippen MR) is 67.5 cm³/mol. The Labute approximate surface area is 110 Å². The third kappa shape index (κ3) is 2.14. The summed E-state index contributed by atoms with van der Waals surface area (Å²) in [6.45, 7) is 2.89. The summed E-state index contributed by atoms with van der Waals surface area (Å²) in [5.74, 6) is -1.01. The van der Waals surface area contributed by atoms with E-state index in [1.54, 1.807) is 11.0 Å². The molecule has 1 amide bonds. The quantitative estimate of drug-likeness (QED) is 0.819. The maximum absolute atomic E-state index is 13.2. The minimum Gasteiger partial charge on any atom is -0.340 e. The monoisotopic (exact) mass is 262 g/mol. The van der Waals surface area contributed by atoms with Crippen LogP contribution in [0.5, 0.6) is 0 Å². The average molecular weight is 262 g/mol. The Hall–Kier alpha value is -1.75. The van der Waals surface area contributed by atoms with Gasteiger partial charge in [0.15, 0.2) is 5.78 Å². The molecule has 0 saturated carbocycles. The van der Waals surface area contributed by atoms with E-state index < -0.39 is 11.7 Å². The maximum Gasteiger partial charge on any atom is 0.230 e. The number of Topliss-reactive ketones (excluding diaryl/α,β-unsaturated/α-hetero) is 1. The molecule has 4 nitrogen and oxygen atoms in total. The number of hydrogen-bond acceptors (Lipinski definition) is 3. The van der Waals surface area contributed by atoms with Crippen LogP contribution in [0.15, 0.2) is 18.2 Å². The number of nitrogens with one attached hydrogen (secondary N) is 1. The zero-order valence-electron chi connectivity index (χ0n) is 10.5. The molecule has 1 aromatic carbocycles. The standard InChI is InChI=1S/C14H15FN2O2/c15-9-1-2-10-11(7-9)13(18)8-12(10)14(19)17-5-3-16-4-6-17/h1-2,7,12,16H,3-6,8H2. The molecule has 1 unspecified atom stereocenters. The van der Waals surface area contributed by atoms with Crippen molar-refractivity contribution in [1.82, 2.24) is 10.2 Å². The zero-order valence-corrected chi connectivity index (χ0v) is 10.5. The molecule has 1 aromatic rings. The maximum atomic E-state index is 13.2.